The fourth-order valence-electron chi connectivity index (χ4n) is 3.21. The molecule has 0 fully saturated rings. The molecule has 2 aromatic heterocycles. The lowest BCUT2D eigenvalue weighted by Gasteiger charge is -2.26. The van der Waals surface area contributed by atoms with Crippen LogP contribution in [-0.2, 0) is 9.59 Å². The van der Waals surface area contributed by atoms with Gasteiger partial charge in [0.15, 0.2) is 11.5 Å². The number of aromatic nitrogens is 1. The minimum absolute atomic E-state index is 0.0608. The molecular weight excluding hydrogens is 358 g/mol. The molecule has 1 unspecified atom stereocenters. The molecule has 146 valence electrons. The lowest BCUT2D eigenvalue weighted by atomic mass is 9.97. The topological polar surface area (TPSA) is 86.9 Å². The van der Waals surface area contributed by atoms with E-state index >= 15 is 0 Å². The number of nitrogens with zero attached hydrogens (tertiary/aromatic N) is 3. The molecule has 7 nitrogen and oxygen atoms in total. The van der Waals surface area contributed by atoms with Crippen molar-refractivity contribution < 1.29 is 19.1 Å². The number of carbonyl (C=O) groups is 2. The summed E-state index contributed by atoms with van der Waals surface area (Å²) in [5.41, 5.74) is 0.741. The molecular formula is C21H23N3O4. The van der Waals surface area contributed by atoms with Gasteiger partial charge in [-0.1, -0.05) is 6.07 Å². The van der Waals surface area contributed by atoms with E-state index in [9.17, 15) is 14.7 Å². The van der Waals surface area contributed by atoms with Gasteiger partial charge in [0.05, 0.1) is 17.9 Å². The second-order valence-electron chi connectivity index (χ2n) is 6.82. The smallest absolute Gasteiger partial charge is 0.290 e. The molecule has 3 rings (SSSR count). The summed E-state index contributed by atoms with van der Waals surface area (Å²) in [6.45, 7) is 1.20. The number of amides is 1. The van der Waals surface area contributed by atoms with Crippen molar-refractivity contribution in [2.45, 2.75) is 12.5 Å². The predicted octanol–water partition coefficient (Wildman–Crippen LogP) is 2.60. The first-order valence-electron chi connectivity index (χ1n) is 9.03. The Balaban J connectivity index is 1.91. The van der Waals surface area contributed by atoms with Gasteiger partial charge in [0.1, 0.15) is 5.76 Å². The van der Waals surface area contributed by atoms with E-state index in [1.807, 2.05) is 19.0 Å². The SMILES string of the molecule is CN(C)CCCN1C(=O)C(O)=C(C(=O)C=Cc2ccco2)C1c1cccnc1. The first kappa shape index (κ1) is 19.6. The van der Waals surface area contributed by atoms with Gasteiger partial charge < -0.3 is 19.3 Å². The second-order valence-corrected chi connectivity index (χ2v) is 6.82. The van der Waals surface area contributed by atoms with Gasteiger partial charge in [0.2, 0.25) is 0 Å². The number of allylic oxidation sites excluding steroid dienone is 1. The van der Waals surface area contributed by atoms with Gasteiger partial charge in [0, 0.05) is 18.9 Å². The maximum Gasteiger partial charge on any atom is 0.290 e. The fraction of sp³-hybridized carbons (Fsp3) is 0.286. The van der Waals surface area contributed by atoms with Crippen LogP contribution in [0.3, 0.4) is 0 Å². The van der Waals surface area contributed by atoms with Gasteiger partial charge in [-0.15, -0.1) is 0 Å². The largest absolute Gasteiger partial charge is 0.503 e. The Morgan fingerprint density at radius 1 is 1.36 bits per heavy atom. The van der Waals surface area contributed by atoms with Crippen LogP contribution in [0.25, 0.3) is 6.08 Å². The van der Waals surface area contributed by atoms with E-state index in [4.69, 9.17) is 4.42 Å². The average molecular weight is 381 g/mol. The highest BCUT2D eigenvalue weighted by atomic mass is 16.3. The third kappa shape index (κ3) is 4.20. The van der Waals surface area contributed by atoms with E-state index in [-0.39, 0.29) is 5.57 Å². The van der Waals surface area contributed by atoms with Crippen molar-refractivity contribution in [1.29, 1.82) is 0 Å². The van der Waals surface area contributed by atoms with Crippen molar-refractivity contribution in [1.82, 2.24) is 14.8 Å². The zero-order chi connectivity index (χ0) is 20.1. The van der Waals surface area contributed by atoms with Gasteiger partial charge in [-0.25, -0.2) is 0 Å². The van der Waals surface area contributed by atoms with Crippen LogP contribution in [0.4, 0.5) is 0 Å². The Kier molecular flexibility index (Phi) is 6.06. The third-order valence-electron chi connectivity index (χ3n) is 4.52. The van der Waals surface area contributed by atoms with E-state index in [1.165, 1.54) is 23.3 Å². The summed E-state index contributed by atoms with van der Waals surface area (Å²) >= 11 is 0. The number of furan rings is 1. The van der Waals surface area contributed by atoms with E-state index < -0.39 is 23.5 Å². The number of aliphatic hydroxyl groups is 1. The maximum atomic E-state index is 12.9. The Bertz CT molecular complexity index is 886. The number of hydrogen-bond acceptors (Lipinski definition) is 6. The summed E-state index contributed by atoms with van der Waals surface area (Å²) in [6.07, 6.45) is 8.28. The second kappa shape index (κ2) is 8.67. The molecule has 0 radical (unpaired) electrons. The Morgan fingerprint density at radius 2 is 2.18 bits per heavy atom. The minimum Gasteiger partial charge on any atom is -0.503 e. The monoisotopic (exact) mass is 381 g/mol. The van der Waals surface area contributed by atoms with Crippen LogP contribution in [0, 0.1) is 0 Å². The molecule has 0 aliphatic carbocycles. The van der Waals surface area contributed by atoms with Crippen LogP contribution in [0.5, 0.6) is 0 Å². The Morgan fingerprint density at radius 3 is 2.82 bits per heavy atom. The van der Waals surface area contributed by atoms with Crippen molar-refractivity contribution in [3.8, 4) is 0 Å². The molecule has 1 amide bonds. The Hall–Kier alpha value is -3.19. The van der Waals surface area contributed by atoms with Crippen LogP contribution < -0.4 is 0 Å². The van der Waals surface area contributed by atoms with Gasteiger partial charge in [-0.3, -0.25) is 14.6 Å². The molecule has 1 N–H and O–H groups in total. The molecule has 1 atom stereocenters. The summed E-state index contributed by atoms with van der Waals surface area (Å²) in [4.78, 5) is 33.2. The van der Waals surface area contributed by atoms with Crippen LogP contribution >= 0.6 is 0 Å². The number of hydrogen-bond donors (Lipinski definition) is 1. The van der Waals surface area contributed by atoms with Crippen molar-refractivity contribution in [2.75, 3.05) is 27.2 Å². The highest BCUT2D eigenvalue weighted by Crippen LogP contribution is 2.37. The molecule has 0 bridgehead atoms. The van der Waals surface area contributed by atoms with Crippen molar-refractivity contribution in [2.24, 2.45) is 0 Å². The van der Waals surface area contributed by atoms with E-state index in [0.29, 0.717) is 24.3 Å². The molecule has 3 heterocycles. The van der Waals surface area contributed by atoms with Crippen molar-refractivity contribution in [3.05, 3.63) is 71.7 Å². The minimum atomic E-state index is -0.669. The first-order chi connectivity index (χ1) is 13.5. The summed E-state index contributed by atoms with van der Waals surface area (Å²) in [7, 11) is 3.91. The molecule has 1 aliphatic heterocycles. The lowest BCUT2D eigenvalue weighted by molar-refractivity contribution is -0.129. The lowest BCUT2D eigenvalue weighted by Crippen LogP contribution is -2.33. The quantitative estimate of drug-likeness (QED) is 0.708. The zero-order valence-electron chi connectivity index (χ0n) is 15.9. The summed E-state index contributed by atoms with van der Waals surface area (Å²) in [5, 5.41) is 10.5. The molecule has 1 aliphatic rings. The molecule has 2 aromatic rings. The van der Waals surface area contributed by atoms with Gasteiger partial charge in [-0.2, -0.15) is 0 Å². The molecule has 0 spiro atoms. The highest BCUT2D eigenvalue weighted by molar-refractivity contribution is 6.14. The first-order valence-corrected chi connectivity index (χ1v) is 9.03. The van der Waals surface area contributed by atoms with Gasteiger partial charge in [0.25, 0.3) is 5.91 Å². The zero-order valence-corrected chi connectivity index (χ0v) is 15.9. The Labute approximate surface area is 163 Å². The summed E-state index contributed by atoms with van der Waals surface area (Å²) < 4.78 is 5.19. The number of pyridine rings is 1. The van der Waals surface area contributed by atoms with Gasteiger partial charge >= 0.3 is 0 Å². The molecule has 7 heteroatoms. The van der Waals surface area contributed by atoms with E-state index in [2.05, 4.69) is 4.98 Å². The fourth-order valence-corrected chi connectivity index (χ4v) is 3.21. The number of aliphatic hydroxyl groups excluding tert-OH is 1. The van der Waals surface area contributed by atoms with Crippen LogP contribution in [-0.4, -0.2) is 58.8 Å². The molecule has 0 saturated heterocycles. The van der Waals surface area contributed by atoms with E-state index in [0.717, 1.165) is 6.54 Å². The van der Waals surface area contributed by atoms with Crippen LogP contribution in [0.15, 0.2) is 64.7 Å². The maximum absolute atomic E-state index is 12.9. The third-order valence-corrected chi connectivity index (χ3v) is 4.52. The number of rotatable bonds is 8. The van der Waals surface area contributed by atoms with Crippen molar-refractivity contribution >= 4 is 17.8 Å². The van der Waals surface area contributed by atoms with Crippen molar-refractivity contribution in [3.63, 3.8) is 0 Å². The van der Waals surface area contributed by atoms with Crippen LogP contribution in [0.2, 0.25) is 0 Å². The normalized spacial score (nSPS) is 17.3. The molecule has 0 aromatic carbocycles. The van der Waals surface area contributed by atoms with Crippen LogP contribution in [0.1, 0.15) is 23.8 Å². The summed E-state index contributed by atoms with van der Waals surface area (Å²) in [6, 6.07) is 6.30. The average Bonchev–Trinajstić information content (AvgIpc) is 3.29. The summed E-state index contributed by atoms with van der Waals surface area (Å²) in [5.74, 6) is -0.972. The van der Waals surface area contributed by atoms with Gasteiger partial charge in [-0.05, 0) is 63.0 Å². The van der Waals surface area contributed by atoms with E-state index in [1.54, 1.807) is 36.7 Å². The predicted molar refractivity (Wildman–Crippen MR) is 104 cm³/mol. The standard InChI is InChI=1S/C21H23N3O4/c1-23(2)11-5-12-24-19(15-6-3-10-22-14-15)18(20(26)21(24)27)17(25)9-8-16-7-4-13-28-16/h3-4,6-10,13-14,19,26H,5,11-12H2,1-2H3. The molecule has 28 heavy (non-hydrogen) atoms. The highest BCUT2D eigenvalue weighted by Gasteiger charge is 2.42. The molecule has 0 saturated carbocycles. The number of carbonyl (C=O) groups excluding carboxylic acids is 2. The number of ketones is 1.